The van der Waals surface area contributed by atoms with E-state index in [9.17, 15) is 4.39 Å². The molecule has 0 aliphatic rings. The zero-order chi connectivity index (χ0) is 9.14. The van der Waals surface area contributed by atoms with Crippen LogP contribution in [0, 0.1) is 12.7 Å². The molecule has 66 valence electrons. The molecule has 0 fully saturated rings. The largest absolute Gasteiger partial charge is 0.496 e. The summed E-state index contributed by atoms with van der Waals surface area (Å²) in [6.07, 6.45) is 0. The molecule has 2 nitrogen and oxygen atoms in total. The van der Waals surface area contributed by atoms with Gasteiger partial charge in [0.25, 0.3) is 0 Å². The van der Waals surface area contributed by atoms with Crippen LogP contribution in [0.5, 0.6) is 5.75 Å². The fourth-order valence-electron chi connectivity index (χ4n) is 1.10. The molecule has 1 aromatic rings. The molecule has 0 saturated carbocycles. The highest BCUT2D eigenvalue weighted by Crippen LogP contribution is 2.22. The smallest absolute Gasteiger partial charge is 0.134 e. The highest BCUT2D eigenvalue weighted by molar-refractivity contribution is 5.38. The Morgan fingerprint density at radius 2 is 2.17 bits per heavy atom. The van der Waals surface area contributed by atoms with Gasteiger partial charge in [-0.1, -0.05) is 6.07 Å². The van der Waals surface area contributed by atoms with Crippen molar-refractivity contribution in [2.45, 2.75) is 13.5 Å². The minimum atomic E-state index is -0.267. The Balaban J connectivity index is 3.25. The zero-order valence-electron chi connectivity index (χ0n) is 7.23. The summed E-state index contributed by atoms with van der Waals surface area (Å²) in [5.74, 6) is 0.248. The van der Waals surface area contributed by atoms with Crippen molar-refractivity contribution in [3.63, 3.8) is 0 Å². The molecular formula is C9H12FNO. The van der Waals surface area contributed by atoms with E-state index < -0.39 is 0 Å². The highest BCUT2D eigenvalue weighted by Gasteiger charge is 2.09. The Hall–Kier alpha value is -1.09. The van der Waals surface area contributed by atoms with Gasteiger partial charge in [0.2, 0.25) is 0 Å². The van der Waals surface area contributed by atoms with Gasteiger partial charge in [0.05, 0.1) is 7.11 Å². The number of hydrogen-bond donors (Lipinski definition) is 1. The molecule has 3 heteroatoms. The van der Waals surface area contributed by atoms with E-state index in [1.54, 1.807) is 19.1 Å². The van der Waals surface area contributed by atoms with Crippen LogP contribution in [0.1, 0.15) is 11.1 Å². The molecule has 12 heavy (non-hydrogen) atoms. The number of benzene rings is 1. The summed E-state index contributed by atoms with van der Waals surface area (Å²) in [4.78, 5) is 0. The third kappa shape index (κ3) is 1.41. The molecule has 0 heterocycles. The van der Waals surface area contributed by atoms with Gasteiger partial charge in [-0.3, -0.25) is 0 Å². The normalized spacial score (nSPS) is 10.0. The lowest BCUT2D eigenvalue weighted by molar-refractivity contribution is 0.404. The van der Waals surface area contributed by atoms with E-state index in [4.69, 9.17) is 10.5 Å². The van der Waals surface area contributed by atoms with Crippen molar-refractivity contribution in [2.75, 3.05) is 7.11 Å². The average Bonchev–Trinajstić information content (AvgIpc) is 2.09. The molecule has 0 aliphatic heterocycles. The van der Waals surface area contributed by atoms with Gasteiger partial charge in [-0.05, 0) is 18.6 Å². The first-order valence-electron chi connectivity index (χ1n) is 3.72. The number of aryl methyl sites for hydroxylation is 1. The van der Waals surface area contributed by atoms with Crippen molar-refractivity contribution in [1.29, 1.82) is 0 Å². The van der Waals surface area contributed by atoms with Crippen LogP contribution >= 0.6 is 0 Å². The third-order valence-electron chi connectivity index (χ3n) is 1.82. The van der Waals surface area contributed by atoms with Crippen molar-refractivity contribution in [2.24, 2.45) is 5.73 Å². The quantitative estimate of drug-likeness (QED) is 0.729. The average molecular weight is 169 g/mol. The molecule has 0 atom stereocenters. The van der Waals surface area contributed by atoms with Crippen LogP contribution in [0.15, 0.2) is 12.1 Å². The Bertz CT molecular complexity index is 286. The maximum absolute atomic E-state index is 13.3. The zero-order valence-corrected chi connectivity index (χ0v) is 7.23. The number of nitrogens with two attached hydrogens (primary N) is 1. The van der Waals surface area contributed by atoms with Crippen molar-refractivity contribution >= 4 is 0 Å². The van der Waals surface area contributed by atoms with Gasteiger partial charge < -0.3 is 10.5 Å². The van der Waals surface area contributed by atoms with Crippen LogP contribution in [0.2, 0.25) is 0 Å². The number of ether oxygens (including phenoxy) is 1. The van der Waals surface area contributed by atoms with Crippen molar-refractivity contribution in [3.8, 4) is 5.75 Å². The lowest BCUT2D eigenvalue weighted by Crippen LogP contribution is -2.04. The molecule has 0 unspecified atom stereocenters. The topological polar surface area (TPSA) is 35.2 Å². The summed E-state index contributed by atoms with van der Waals surface area (Å²) in [6.45, 7) is 1.87. The molecule has 0 saturated heterocycles. The van der Waals surface area contributed by atoms with Crippen molar-refractivity contribution < 1.29 is 9.13 Å². The fraction of sp³-hybridized carbons (Fsp3) is 0.333. The maximum atomic E-state index is 13.3. The second-order valence-corrected chi connectivity index (χ2v) is 2.58. The van der Waals surface area contributed by atoms with Crippen LogP contribution in [-0.4, -0.2) is 7.11 Å². The summed E-state index contributed by atoms with van der Waals surface area (Å²) in [7, 11) is 1.50. The first-order valence-corrected chi connectivity index (χ1v) is 3.72. The molecule has 1 rings (SSSR count). The first-order chi connectivity index (χ1) is 5.70. The van der Waals surface area contributed by atoms with E-state index in [1.807, 2.05) is 0 Å². The molecular weight excluding hydrogens is 157 g/mol. The summed E-state index contributed by atoms with van der Waals surface area (Å²) in [5.41, 5.74) is 6.41. The highest BCUT2D eigenvalue weighted by atomic mass is 19.1. The van der Waals surface area contributed by atoms with Crippen LogP contribution in [0.25, 0.3) is 0 Å². The first kappa shape index (κ1) is 9.00. The van der Waals surface area contributed by atoms with Gasteiger partial charge >= 0.3 is 0 Å². The van der Waals surface area contributed by atoms with Gasteiger partial charge in [-0.2, -0.15) is 0 Å². The van der Waals surface area contributed by atoms with Gasteiger partial charge in [0.15, 0.2) is 0 Å². The van der Waals surface area contributed by atoms with Gasteiger partial charge in [-0.25, -0.2) is 4.39 Å². The summed E-state index contributed by atoms with van der Waals surface area (Å²) >= 11 is 0. The van der Waals surface area contributed by atoms with Crippen molar-refractivity contribution in [3.05, 3.63) is 29.1 Å². The molecule has 0 aliphatic carbocycles. The van der Waals surface area contributed by atoms with Crippen LogP contribution in [0.3, 0.4) is 0 Å². The second-order valence-electron chi connectivity index (χ2n) is 2.58. The summed E-state index contributed by atoms with van der Waals surface area (Å²) in [5, 5.41) is 0. The second kappa shape index (κ2) is 3.54. The lowest BCUT2D eigenvalue weighted by atomic mass is 10.1. The van der Waals surface area contributed by atoms with Crippen LogP contribution in [0.4, 0.5) is 4.39 Å². The number of hydrogen-bond acceptors (Lipinski definition) is 2. The fourth-order valence-corrected chi connectivity index (χ4v) is 1.10. The third-order valence-corrected chi connectivity index (χ3v) is 1.82. The predicted octanol–water partition coefficient (Wildman–Crippen LogP) is 1.60. The lowest BCUT2D eigenvalue weighted by Gasteiger charge is -2.08. The van der Waals surface area contributed by atoms with E-state index in [-0.39, 0.29) is 12.4 Å². The molecule has 0 bridgehead atoms. The maximum Gasteiger partial charge on any atom is 0.134 e. The van der Waals surface area contributed by atoms with E-state index in [0.29, 0.717) is 16.9 Å². The van der Waals surface area contributed by atoms with E-state index >= 15 is 0 Å². The van der Waals surface area contributed by atoms with Crippen molar-refractivity contribution in [1.82, 2.24) is 0 Å². The van der Waals surface area contributed by atoms with E-state index in [1.165, 1.54) is 7.11 Å². The van der Waals surface area contributed by atoms with E-state index in [0.717, 1.165) is 0 Å². The number of methoxy groups -OCH3 is 1. The Labute approximate surface area is 71.1 Å². The monoisotopic (exact) mass is 169 g/mol. The van der Waals surface area contributed by atoms with Gasteiger partial charge in [0.1, 0.15) is 11.6 Å². The molecule has 0 spiro atoms. The summed E-state index contributed by atoms with van der Waals surface area (Å²) < 4.78 is 18.2. The molecule has 0 amide bonds. The minimum Gasteiger partial charge on any atom is -0.496 e. The Kier molecular flexibility index (Phi) is 2.65. The predicted molar refractivity (Wildman–Crippen MR) is 45.6 cm³/mol. The molecule has 0 radical (unpaired) electrons. The number of halogens is 1. The molecule has 0 aromatic heterocycles. The minimum absolute atomic E-state index is 0.163. The molecule has 2 N–H and O–H groups in total. The van der Waals surface area contributed by atoms with E-state index in [2.05, 4.69) is 0 Å². The SMILES string of the molecule is COc1ccc(C)c(F)c1CN. The Morgan fingerprint density at radius 1 is 1.50 bits per heavy atom. The molecule has 1 aromatic carbocycles. The standard InChI is InChI=1S/C9H12FNO/c1-6-3-4-8(12-2)7(5-11)9(6)10/h3-4H,5,11H2,1-2H3. The Morgan fingerprint density at radius 3 is 2.67 bits per heavy atom. The van der Waals surface area contributed by atoms with Gasteiger partial charge in [0, 0.05) is 12.1 Å². The van der Waals surface area contributed by atoms with Gasteiger partial charge in [-0.15, -0.1) is 0 Å². The number of rotatable bonds is 2. The van der Waals surface area contributed by atoms with Crippen LogP contribution in [-0.2, 0) is 6.54 Å². The van der Waals surface area contributed by atoms with Crippen LogP contribution < -0.4 is 10.5 Å². The summed E-state index contributed by atoms with van der Waals surface area (Å²) in [6, 6.07) is 3.40.